The molecule has 6 heteroatoms. The van der Waals surface area contributed by atoms with Gasteiger partial charge >= 0.3 is 0 Å². The number of allylic oxidation sites excluding steroid dienone is 3. The summed E-state index contributed by atoms with van der Waals surface area (Å²) in [5.41, 5.74) is 14.8. The topological polar surface area (TPSA) is 37.0 Å². The standard InChI is InChI=1S/C43H55N3O2.C8H9.C2H6.C2H4.Rf/c1-7-30(8-2)23-34-18-21-46(5)41-25-32-12-15-33(11-9-10-20-44-3)43(26-32)48-37-16-13-31(14-17-37)24-40-39-28-36(27-38(34)41)42(47-6)29-35(39)19-22-45(40)4;1-7-3-5-8(2)6-4-7;2*1-2;/h7,12-17,23,26,28-29,40-41,44H,1,8-11,18-22,24-25,27H2,2-6H3;3-5H,1-2H3;1-2H3;1-2H2;/q;-1;;;/b30-23+;;;;. The van der Waals surface area contributed by atoms with Gasteiger partial charge in [-0.2, -0.15) is 35.4 Å². The second-order valence-electron chi connectivity index (χ2n) is 16.1. The van der Waals surface area contributed by atoms with Gasteiger partial charge in [0.05, 0.1) is 7.11 Å². The van der Waals surface area contributed by atoms with Crippen LogP contribution in [0.2, 0.25) is 0 Å². The number of ether oxygens (including phenoxy) is 2. The van der Waals surface area contributed by atoms with Crippen molar-refractivity contribution < 1.29 is 9.47 Å². The maximum absolute atomic E-state index is 6.73. The van der Waals surface area contributed by atoms with Crippen molar-refractivity contribution in [2.75, 3.05) is 47.9 Å². The Kier molecular flexibility index (Phi) is 20.5. The van der Waals surface area contributed by atoms with Crippen molar-refractivity contribution in [3.8, 4) is 17.2 Å². The fourth-order valence-electron chi connectivity index (χ4n) is 8.49. The molecule has 0 aliphatic carbocycles. The Labute approximate surface area is 364 Å². The SMILES string of the molecule is C=C.C=C/C(=C\C1=C2Cc3cc4c(cc3OC)CCN(C)C4Cc3ccc(cc3)Oc3cc(ccc3CCCCNC)CC2N(C)CC1)CC.CC.Cc1[c-]cc(C)cc1.[Rf]. The van der Waals surface area contributed by atoms with Crippen LogP contribution in [0, 0.1) is 19.9 Å². The van der Waals surface area contributed by atoms with Gasteiger partial charge in [0.15, 0.2) is 0 Å². The molecule has 4 aliphatic heterocycles. The predicted molar refractivity (Wildman–Crippen MR) is 257 cm³/mol. The van der Waals surface area contributed by atoms with Crippen molar-refractivity contribution in [3.63, 3.8) is 0 Å². The molecule has 6 bridgehead atoms. The zero-order valence-corrected chi connectivity index (χ0v) is 45.7. The second kappa shape index (κ2) is 25.2. The van der Waals surface area contributed by atoms with Crippen LogP contribution in [-0.2, 0) is 32.1 Å². The first kappa shape index (κ1) is 49.7. The Balaban J connectivity index is 0.000000671. The minimum absolute atomic E-state index is 0. The smallest absolute Gasteiger partial charge is 0.130 e. The van der Waals surface area contributed by atoms with Gasteiger partial charge in [0, 0.05) is 25.2 Å². The molecule has 4 aromatic rings. The average Bonchev–Trinajstić information content (AvgIpc) is 3.28. The molecule has 8 rings (SSSR count). The van der Waals surface area contributed by atoms with Gasteiger partial charge in [-0.1, -0.05) is 77.6 Å². The molecule has 4 aliphatic rings. The van der Waals surface area contributed by atoms with Gasteiger partial charge in [0.2, 0.25) is 0 Å². The van der Waals surface area contributed by atoms with E-state index in [9.17, 15) is 0 Å². The number of unbranched alkanes of at least 4 members (excludes halogenated alkanes) is 1. The number of hydrogen-bond donors (Lipinski definition) is 1. The van der Waals surface area contributed by atoms with E-state index < -0.39 is 0 Å². The van der Waals surface area contributed by atoms with Gasteiger partial charge in [-0.05, 0) is 166 Å². The quantitative estimate of drug-likeness (QED) is 0.0782. The summed E-state index contributed by atoms with van der Waals surface area (Å²) in [5.74, 6) is 2.91. The maximum atomic E-state index is 6.73. The second-order valence-corrected chi connectivity index (χ2v) is 16.1. The van der Waals surface area contributed by atoms with Crippen molar-refractivity contribution in [1.82, 2.24) is 15.1 Å². The van der Waals surface area contributed by atoms with E-state index >= 15 is 0 Å². The number of likely N-dealkylation sites (N-methyl/N-ethyl adjacent to an activating group) is 2. The van der Waals surface area contributed by atoms with Gasteiger partial charge < -0.3 is 14.8 Å². The Morgan fingerprint density at radius 2 is 1.57 bits per heavy atom. The molecule has 1 N–H and O–H groups in total. The first-order valence-corrected chi connectivity index (χ1v) is 22.3. The summed E-state index contributed by atoms with van der Waals surface area (Å²) in [6, 6.07) is 30.5. The molecular weight excluding hydrogens is 1000 g/mol. The van der Waals surface area contributed by atoms with Crippen LogP contribution >= 0.6 is 0 Å². The summed E-state index contributed by atoms with van der Waals surface area (Å²) < 4.78 is 12.9. The zero-order chi connectivity index (χ0) is 43.6. The van der Waals surface area contributed by atoms with Gasteiger partial charge in [-0.25, -0.2) is 0 Å². The van der Waals surface area contributed by atoms with E-state index in [1.54, 1.807) is 0 Å². The van der Waals surface area contributed by atoms with Crippen molar-refractivity contribution in [2.24, 2.45) is 0 Å². The molecule has 0 aromatic heterocycles. The summed E-state index contributed by atoms with van der Waals surface area (Å²) in [6.45, 7) is 23.6. The van der Waals surface area contributed by atoms with Crippen molar-refractivity contribution >= 4 is 0 Å². The summed E-state index contributed by atoms with van der Waals surface area (Å²) in [6.07, 6.45) is 13.5. The van der Waals surface area contributed by atoms with Crippen molar-refractivity contribution in [1.29, 1.82) is 0 Å². The number of aryl methyl sites for hydroxylation is 3. The number of fused-ring (bicyclic) bond motifs is 2. The van der Waals surface area contributed by atoms with Crippen LogP contribution in [-0.4, -0.2) is 63.7 Å². The van der Waals surface area contributed by atoms with Crippen LogP contribution in [0.4, 0.5) is 0 Å². The van der Waals surface area contributed by atoms with E-state index in [-0.39, 0.29) is 6.04 Å². The minimum Gasteiger partial charge on any atom is -0.496 e. The van der Waals surface area contributed by atoms with Gasteiger partial charge in [0.1, 0.15) is 17.2 Å². The molecule has 4 heterocycles. The molecule has 0 saturated carbocycles. The minimum atomic E-state index is 0. The normalized spacial score (nSPS) is 17.3. The van der Waals surface area contributed by atoms with E-state index in [0.29, 0.717) is 6.04 Å². The Morgan fingerprint density at radius 3 is 2.21 bits per heavy atom. The summed E-state index contributed by atoms with van der Waals surface area (Å²) in [4.78, 5) is 5.09. The van der Waals surface area contributed by atoms with E-state index in [1.165, 1.54) is 61.2 Å². The number of nitrogens with zero attached hydrogens (tertiary/aromatic N) is 2. The fourth-order valence-corrected chi connectivity index (χ4v) is 8.49. The van der Waals surface area contributed by atoms with Crippen molar-refractivity contribution in [2.45, 2.75) is 104 Å². The molecule has 0 saturated heterocycles. The largest absolute Gasteiger partial charge is 0.496 e. The molecule has 0 amide bonds. The van der Waals surface area contributed by atoms with E-state index in [4.69, 9.17) is 9.47 Å². The molecule has 61 heavy (non-hydrogen) atoms. The first-order chi connectivity index (χ1) is 29.2. The molecule has 0 radical (unpaired) electrons. The van der Waals surface area contributed by atoms with E-state index in [0.717, 1.165) is 94.7 Å². The zero-order valence-electron chi connectivity index (χ0n) is 39.3. The number of nitrogens with one attached hydrogen (secondary N) is 1. The predicted octanol–water partition coefficient (Wildman–Crippen LogP) is 12.4. The van der Waals surface area contributed by atoms with Gasteiger partial charge in [-0.3, -0.25) is 9.80 Å². The van der Waals surface area contributed by atoms with Crippen LogP contribution in [0.15, 0.2) is 121 Å². The third kappa shape index (κ3) is 13.4. The van der Waals surface area contributed by atoms with E-state index in [1.807, 2.05) is 47.1 Å². The number of hydrogen-bond acceptors (Lipinski definition) is 5. The van der Waals surface area contributed by atoms with Crippen molar-refractivity contribution in [3.05, 3.63) is 172 Å². The molecular formula is C55H74N3O2Rf-. The molecule has 2 unspecified atom stereocenters. The maximum Gasteiger partial charge on any atom is 0.130 e. The number of rotatable bonds is 9. The average molecular weight is 1080 g/mol. The molecule has 0 fully saturated rings. The summed E-state index contributed by atoms with van der Waals surface area (Å²) in [7, 11) is 8.44. The number of benzene rings is 4. The van der Waals surface area contributed by atoms with Gasteiger partial charge in [0.25, 0.3) is 0 Å². The molecule has 4 aromatic carbocycles. The molecule has 0 spiro atoms. The van der Waals surface area contributed by atoms with E-state index in [2.05, 4.69) is 142 Å². The first-order valence-electron chi connectivity index (χ1n) is 22.3. The van der Waals surface area contributed by atoms with Crippen LogP contribution in [0.3, 0.4) is 0 Å². The third-order valence-corrected chi connectivity index (χ3v) is 12.0. The summed E-state index contributed by atoms with van der Waals surface area (Å²) >= 11 is 0. The monoisotopic (exact) mass is 1080 g/mol. The molecule has 5 nitrogen and oxygen atoms in total. The Bertz CT molecular complexity index is 2000. The molecule has 324 valence electrons. The Morgan fingerprint density at radius 1 is 0.885 bits per heavy atom. The third-order valence-electron chi connectivity index (χ3n) is 12.0. The number of methoxy groups -OCH3 is 1. The van der Waals surface area contributed by atoms with Crippen LogP contribution < -0.4 is 14.8 Å². The summed E-state index contributed by atoms with van der Waals surface area (Å²) in [5, 5.41) is 3.29. The molecule has 2 atom stereocenters. The van der Waals surface area contributed by atoms with Gasteiger partial charge in [-0.15, -0.1) is 13.2 Å². The fraction of sp³-hybridized carbons (Fsp3) is 0.418. The van der Waals surface area contributed by atoms with Crippen LogP contribution in [0.25, 0.3) is 0 Å². The van der Waals surface area contributed by atoms with Crippen LogP contribution in [0.5, 0.6) is 17.2 Å². The van der Waals surface area contributed by atoms with Crippen LogP contribution in [0.1, 0.15) is 97.0 Å². The Hall–Kier alpha value is -5.68.